The molecule has 0 aliphatic heterocycles. The van der Waals surface area contributed by atoms with Gasteiger partial charge in [-0.15, -0.1) is 15.3 Å². The van der Waals surface area contributed by atoms with E-state index in [1.165, 1.54) is 18.2 Å². The number of aromatic nitrogens is 4. The third-order valence-corrected chi connectivity index (χ3v) is 5.46. The van der Waals surface area contributed by atoms with E-state index in [9.17, 15) is 34.5 Å². The zero-order valence-electron chi connectivity index (χ0n) is 20.5. The van der Waals surface area contributed by atoms with Gasteiger partial charge in [0.2, 0.25) is 0 Å². The maximum atomic E-state index is 12.9. The van der Waals surface area contributed by atoms with Crippen LogP contribution in [-0.2, 0) is 0 Å². The van der Waals surface area contributed by atoms with Crippen LogP contribution < -0.4 is 175 Å². The molecular formula is C21H8K3N7O7S. The fourth-order valence-electron chi connectivity index (χ4n) is 2.99. The second-order valence-electron chi connectivity index (χ2n) is 6.86. The molecule has 4 aromatic rings. The Hall–Kier alpha value is -0.581. The number of aromatic carboxylic acids is 3. The number of nitrogens with zero attached hydrogens (tertiary/aromatic N) is 6. The first-order valence-corrected chi connectivity index (χ1v) is 10.4. The number of carbonyl (C=O) groups excluding carboxylic acids is 3. The van der Waals surface area contributed by atoms with Gasteiger partial charge >= 0.3 is 160 Å². The van der Waals surface area contributed by atoms with E-state index in [2.05, 4.69) is 30.4 Å². The van der Waals surface area contributed by atoms with Gasteiger partial charge < -0.3 is 34.5 Å². The molecule has 2 aromatic heterocycles. The number of azo groups is 1. The van der Waals surface area contributed by atoms with Gasteiger partial charge in [0.15, 0.2) is 5.69 Å². The van der Waals surface area contributed by atoms with Crippen molar-refractivity contribution in [3.63, 3.8) is 0 Å². The molecule has 0 aliphatic carbocycles. The Kier molecular flexibility index (Phi) is 15.1. The van der Waals surface area contributed by atoms with Crippen LogP contribution >= 0.6 is 11.3 Å². The molecule has 0 amide bonds. The van der Waals surface area contributed by atoms with E-state index in [0.29, 0.717) is 10.6 Å². The molecule has 0 radical (unpaired) electrons. The Morgan fingerprint density at radius 1 is 0.897 bits per heavy atom. The fraction of sp³-hybridized carbons (Fsp3) is 0. The van der Waals surface area contributed by atoms with Crippen LogP contribution in [0.5, 0.6) is 0 Å². The molecule has 0 spiro atoms. The number of carboxylic acids is 3. The molecule has 1 N–H and O–H groups in total. The first kappa shape index (κ1) is 36.4. The molecule has 0 fully saturated rings. The molecule has 14 nitrogen and oxygen atoms in total. The van der Waals surface area contributed by atoms with Crippen LogP contribution in [0.25, 0.3) is 21.1 Å². The zero-order valence-corrected chi connectivity index (χ0v) is 30.7. The molecule has 0 saturated heterocycles. The average Bonchev–Trinajstić information content (AvgIpc) is 3.46. The summed E-state index contributed by atoms with van der Waals surface area (Å²) in [6.45, 7) is 7.29. The molecule has 2 heterocycles. The predicted octanol–water partition coefficient (Wildman–Crippen LogP) is -9.25. The van der Waals surface area contributed by atoms with Gasteiger partial charge in [0.25, 0.3) is 10.9 Å². The standard InChI is InChI=1S/C21H11N7O7S.3K/c1-22-15-14(17(29)28(27-15)13-7-11(19(32)33)6-12(8-13)20(34)35)23-25-21-26-24-16(36-21)9-3-2-4-10(5-9)18(30)31;;;/h2-8,27H,(H,30,31)(H,32,33)(H,34,35);;;/q;3*+1/p-3. The Morgan fingerprint density at radius 2 is 1.51 bits per heavy atom. The van der Waals surface area contributed by atoms with Gasteiger partial charge in [0.05, 0.1) is 23.6 Å². The van der Waals surface area contributed by atoms with Crippen molar-refractivity contribution >= 4 is 45.9 Å². The van der Waals surface area contributed by atoms with Crippen molar-refractivity contribution in [2.75, 3.05) is 0 Å². The van der Waals surface area contributed by atoms with E-state index in [-0.39, 0.29) is 176 Å². The average molecular weight is 620 g/mol. The summed E-state index contributed by atoms with van der Waals surface area (Å²) in [5.74, 6) is -5.12. The summed E-state index contributed by atoms with van der Waals surface area (Å²) in [5, 5.41) is 51.5. The molecule has 39 heavy (non-hydrogen) atoms. The van der Waals surface area contributed by atoms with Gasteiger partial charge in [-0.25, -0.2) is 5.10 Å². The van der Waals surface area contributed by atoms with Gasteiger partial charge in [-0.1, -0.05) is 36.1 Å². The zero-order chi connectivity index (χ0) is 26.0. The minimum Gasteiger partial charge on any atom is -0.545 e. The van der Waals surface area contributed by atoms with Gasteiger partial charge in [-0.2, -0.15) is 9.80 Å². The summed E-state index contributed by atoms with van der Waals surface area (Å²) in [6, 6.07) is 8.50. The quantitative estimate of drug-likeness (QED) is 0.118. The minimum atomic E-state index is -1.69. The van der Waals surface area contributed by atoms with Crippen LogP contribution in [0.3, 0.4) is 0 Å². The molecule has 0 aliphatic rings. The van der Waals surface area contributed by atoms with E-state index in [1.54, 1.807) is 6.07 Å². The Bertz CT molecular complexity index is 1660. The predicted molar refractivity (Wildman–Crippen MR) is 115 cm³/mol. The van der Waals surface area contributed by atoms with Crippen LogP contribution in [0.4, 0.5) is 16.6 Å². The summed E-state index contributed by atoms with van der Waals surface area (Å²) < 4.78 is 0.720. The van der Waals surface area contributed by atoms with Gasteiger partial charge in [-0.05, 0) is 29.8 Å². The number of hydrogen-bond donors (Lipinski definition) is 1. The number of benzene rings is 2. The maximum Gasteiger partial charge on any atom is 1.00 e. The molecule has 178 valence electrons. The largest absolute Gasteiger partial charge is 1.00 e. The molecule has 0 bridgehead atoms. The molecule has 0 saturated carbocycles. The van der Waals surface area contributed by atoms with Crippen molar-refractivity contribution in [1.82, 2.24) is 20.0 Å². The van der Waals surface area contributed by atoms with Crippen molar-refractivity contribution in [2.45, 2.75) is 0 Å². The van der Waals surface area contributed by atoms with Crippen molar-refractivity contribution < 1.29 is 184 Å². The number of carbonyl (C=O) groups is 3. The van der Waals surface area contributed by atoms with E-state index < -0.39 is 40.3 Å². The summed E-state index contributed by atoms with van der Waals surface area (Å²) >= 11 is 0.922. The third-order valence-electron chi connectivity index (χ3n) is 4.60. The van der Waals surface area contributed by atoms with E-state index in [1.807, 2.05) is 0 Å². The smallest absolute Gasteiger partial charge is 0.545 e. The SMILES string of the molecule is [C-]#[N+]c1[nH]n(-c2cc(C(=O)[O-])cc(C(=O)[O-])c2)c(=O)c1N=Nc1nnc(-c2cccc(C(=O)[O-])c2)s1.[K+].[K+].[K+]. The van der Waals surface area contributed by atoms with Gasteiger partial charge in [-0.3, -0.25) is 4.79 Å². The van der Waals surface area contributed by atoms with E-state index in [4.69, 9.17) is 6.57 Å². The second-order valence-corrected chi connectivity index (χ2v) is 7.82. The van der Waals surface area contributed by atoms with Crippen LogP contribution in [0.15, 0.2) is 57.5 Å². The molecular weight excluding hydrogens is 612 g/mol. The Balaban J connectivity index is 0.00000253. The minimum absolute atomic E-state index is 0. The second kappa shape index (κ2) is 16.2. The normalized spacial score (nSPS) is 10.0. The van der Waals surface area contributed by atoms with E-state index >= 15 is 0 Å². The summed E-state index contributed by atoms with van der Waals surface area (Å²) in [4.78, 5) is 49.6. The maximum absolute atomic E-state index is 12.9. The van der Waals surface area contributed by atoms with Crippen LogP contribution in [0, 0.1) is 6.57 Å². The molecule has 2 aromatic carbocycles. The van der Waals surface area contributed by atoms with Crippen LogP contribution in [-0.4, -0.2) is 37.9 Å². The van der Waals surface area contributed by atoms with Gasteiger partial charge in [0.1, 0.15) is 5.01 Å². The number of nitrogens with one attached hydrogen (secondary N) is 1. The van der Waals surface area contributed by atoms with Crippen molar-refractivity contribution in [3.05, 3.63) is 80.9 Å². The molecule has 0 atom stereocenters. The van der Waals surface area contributed by atoms with Crippen molar-refractivity contribution in [3.8, 4) is 16.3 Å². The third kappa shape index (κ3) is 8.71. The summed E-state index contributed by atoms with van der Waals surface area (Å²) in [5.41, 5.74) is -2.33. The molecule has 4 rings (SSSR count). The number of hydrogen-bond acceptors (Lipinski definition) is 12. The topological polar surface area (TPSA) is 213 Å². The van der Waals surface area contributed by atoms with Crippen LogP contribution in [0.1, 0.15) is 31.1 Å². The number of carboxylic acid groups (broad SMARTS) is 3. The van der Waals surface area contributed by atoms with Crippen molar-refractivity contribution in [2.24, 2.45) is 10.2 Å². The fourth-order valence-corrected chi connectivity index (χ4v) is 3.65. The monoisotopic (exact) mass is 619 g/mol. The Labute approximate surface area is 350 Å². The van der Waals surface area contributed by atoms with Crippen molar-refractivity contribution in [1.29, 1.82) is 0 Å². The number of aromatic amines is 1. The first-order chi connectivity index (χ1) is 17.2. The van der Waals surface area contributed by atoms with Gasteiger partial charge in [0, 0.05) is 16.7 Å². The number of rotatable bonds is 7. The molecule has 18 heteroatoms. The summed E-state index contributed by atoms with van der Waals surface area (Å²) in [7, 11) is 0. The van der Waals surface area contributed by atoms with E-state index in [0.717, 1.165) is 34.2 Å². The Morgan fingerprint density at radius 3 is 2.08 bits per heavy atom. The first-order valence-electron chi connectivity index (χ1n) is 9.55. The van der Waals surface area contributed by atoms with Crippen LogP contribution in [0.2, 0.25) is 0 Å². The molecule has 0 unspecified atom stereocenters. The summed E-state index contributed by atoms with van der Waals surface area (Å²) in [6.07, 6.45) is 0. The number of H-pyrrole nitrogens is 1.